The Morgan fingerprint density at radius 1 is 1.00 bits per heavy atom. The average molecular weight is 207 g/mol. The molecule has 0 atom stereocenters. The molecule has 0 bridgehead atoms. The van der Waals surface area contributed by atoms with Gasteiger partial charge in [-0.05, 0) is 30.2 Å². The molecule has 78 valence electrons. The van der Waals surface area contributed by atoms with Gasteiger partial charge in [-0.25, -0.2) is 0 Å². The summed E-state index contributed by atoms with van der Waals surface area (Å²) in [7, 11) is 0. The van der Waals surface area contributed by atoms with E-state index in [2.05, 4.69) is 24.3 Å². The Morgan fingerprint density at radius 2 is 1.69 bits per heavy atom. The number of benzene rings is 2. The van der Waals surface area contributed by atoms with Gasteiger partial charge < -0.3 is 0 Å². The van der Waals surface area contributed by atoms with E-state index < -0.39 is 0 Å². The molecule has 16 heavy (non-hydrogen) atoms. The third-order valence-electron chi connectivity index (χ3n) is 2.67. The van der Waals surface area contributed by atoms with E-state index in [-0.39, 0.29) is 0 Å². The van der Waals surface area contributed by atoms with Crippen LogP contribution in [0.4, 0.5) is 0 Å². The van der Waals surface area contributed by atoms with Crippen molar-refractivity contribution in [1.82, 2.24) is 0 Å². The van der Waals surface area contributed by atoms with Crippen LogP contribution in [0.2, 0.25) is 0 Å². The lowest BCUT2D eigenvalue weighted by molar-refractivity contribution is 1.39. The number of nitriles is 1. The van der Waals surface area contributed by atoms with Gasteiger partial charge in [0.15, 0.2) is 0 Å². The molecule has 0 heterocycles. The Hall–Kier alpha value is -2.07. The van der Waals surface area contributed by atoms with Crippen molar-refractivity contribution in [2.24, 2.45) is 0 Å². The molecule has 0 aliphatic carbocycles. The number of nitrogens with zero attached hydrogens (tertiary/aromatic N) is 1. The van der Waals surface area contributed by atoms with E-state index in [1.165, 1.54) is 5.39 Å². The molecule has 1 nitrogen and oxygen atoms in total. The molecule has 0 fully saturated rings. The second-order valence-corrected chi connectivity index (χ2v) is 4.01. The van der Waals surface area contributed by atoms with E-state index >= 15 is 0 Å². The topological polar surface area (TPSA) is 23.8 Å². The normalized spacial score (nSPS) is 9.81. The predicted octanol–water partition coefficient (Wildman–Crippen LogP) is 4.16. The molecule has 2 aromatic rings. The van der Waals surface area contributed by atoms with Crippen LogP contribution in [0.3, 0.4) is 0 Å². The summed E-state index contributed by atoms with van der Waals surface area (Å²) in [5.74, 6) is 0. The quantitative estimate of drug-likeness (QED) is 0.644. The zero-order valence-corrected chi connectivity index (χ0v) is 9.49. The first-order chi connectivity index (χ1) is 7.74. The molecule has 0 saturated heterocycles. The summed E-state index contributed by atoms with van der Waals surface area (Å²) >= 11 is 0. The highest BCUT2D eigenvalue weighted by Gasteiger charge is 2.06. The van der Waals surface area contributed by atoms with Crippen molar-refractivity contribution >= 4 is 16.3 Å². The van der Waals surface area contributed by atoms with Gasteiger partial charge in [-0.15, -0.1) is 0 Å². The second-order valence-electron chi connectivity index (χ2n) is 4.01. The fourth-order valence-corrected chi connectivity index (χ4v) is 1.88. The molecule has 0 N–H and O–H groups in total. The van der Waals surface area contributed by atoms with Gasteiger partial charge in [-0.2, -0.15) is 5.26 Å². The predicted molar refractivity (Wildman–Crippen MR) is 67.8 cm³/mol. The largest absolute Gasteiger partial charge is 0.192 e. The Balaban J connectivity index is 2.81. The van der Waals surface area contributed by atoms with E-state index in [0.29, 0.717) is 0 Å². The number of hydrogen-bond acceptors (Lipinski definition) is 1. The maximum Gasteiger partial charge on any atom is 0.0997 e. The monoisotopic (exact) mass is 207 g/mol. The Morgan fingerprint density at radius 3 is 2.38 bits per heavy atom. The van der Waals surface area contributed by atoms with Crippen LogP contribution in [0.1, 0.15) is 19.4 Å². The molecule has 0 amide bonds. The number of rotatable bonds is 1. The van der Waals surface area contributed by atoms with Gasteiger partial charge >= 0.3 is 0 Å². The minimum atomic E-state index is 0.775. The SMILES string of the molecule is CC(C)=C(C#N)c1cccc2ccccc12. The van der Waals surface area contributed by atoms with Crippen molar-refractivity contribution in [1.29, 1.82) is 5.26 Å². The lowest BCUT2D eigenvalue weighted by Gasteiger charge is -2.06. The van der Waals surface area contributed by atoms with Gasteiger partial charge in [0.05, 0.1) is 11.6 Å². The summed E-state index contributed by atoms with van der Waals surface area (Å²) in [6.07, 6.45) is 0. The van der Waals surface area contributed by atoms with Crippen molar-refractivity contribution in [2.45, 2.75) is 13.8 Å². The average Bonchev–Trinajstić information content (AvgIpc) is 2.30. The van der Waals surface area contributed by atoms with Gasteiger partial charge in [0.1, 0.15) is 0 Å². The molecule has 1 heteroatoms. The van der Waals surface area contributed by atoms with E-state index in [4.69, 9.17) is 0 Å². The molecular weight excluding hydrogens is 194 g/mol. The first kappa shape index (κ1) is 10.4. The molecule has 0 spiro atoms. The highest BCUT2D eigenvalue weighted by atomic mass is 14.3. The summed E-state index contributed by atoms with van der Waals surface area (Å²) in [6, 6.07) is 16.5. The molecule has 0 aliphatic heterocycles. The van der Waals surface area contributed by atoms with E-state index in [0.717, 1.165) is 22.1 Å². The number of allylic oxidation sites excluding steroid dienone is 2. The van der Waals surface area contributed by atoms with Gasteiger partial charge in [0, 0.05) is 0 Å². The summed E-state index contributed by atoms with van der Waals surface area (Å²) in [4.78, 5) is 0. The van der Waals surface area contributed by atoms with Gasteiger partial charge in [-0.3, -0.25) is 0 Å². The fourth-order valence-electron chi connectivity index (χ4n) is 1.88. The second kappa shape index (κ2) is 4.20. The molecule has 0 saturated carbocycles. The van der Waals surface area contributed by atoms with E-state index in [1.807, 2.05) is 38.1 Å². The standard InChI is InChI=1S/C15H13N/c1-11(2)15(10-16)14-9-5-7-12-6-3-4-8-13(12)14/h3-9H,1-2H3. The minimum Gasteiger partial charge on any atom is -0.192 e. The van der Waals surface area contributed by atoms with Crippen molar-refractivity contribution in [3.63, 3.8) is 0 Å². The number of hydrogen-bond donors (Lipinski definition) is 0. The van der Waals surface area contributed by atoms with Crippen LogP contribution in [0.25, 0.3) is 16.3 Å². The van der Waals surface area contributed by atoms with Crippen molar-refractivity contribution in [3.05, 3.63) is 53.6 Å². The highest BCUT2D eigenvalue weighted by Crippen LogP contribution is 2.26. The van der Waals surface area contributed by atoms with Crippen LogP contribution in [0, 0.1) is 11.3 Å². The zero-order valence-electron chi connectivity index (χ0n) is 9.49. The van der Waals surface area contributed by atoms with Gasteiger partial charge in [0.25, 0.3) is 0 Å². The van der Waals surface area contributed by atoms with Crippen molar-refractivity contribution in [3.8, 4) is 6.07 Å². The summed E-state index contributed by atoms with van der Waals surface area (Å²) < 4.78 is 0. The van der Waals surface area contributed by atoms with Gasteiger partial charge in [-0.1, -0.05) is 48.0 Å². The molecule has 0 radical (unpaired) electrons. The molecule has 0 aliphatic rings. The van der Waals surface area contributed by atoms with Crippen molar-refractivity contribution < 1.29 is 0 Å². The van der Waals surface area contributed by atoms with Crippen molar-refractivity contribution in [2.75, 3.05) is 0 Å². The third kappa shape index (κ3) is 1.70. The van der Waals surface area contributed by atoms with Crippen LogP contribution in [0.15, 0.2) is 48.0 Å². The first-order valence-electron chi connectivity index (χ1n) is 5.29. The molecule has 0 unspecified atom stereocenters. The summed E-state index contributed by atoms with van der Waals surface area (Å²) in [5.41, 5.74) is 2.86. The Kier molecular flexibility index (Phi) is 2.74. The maximum atomic E-state index is 9.20. The highest BCUT2D eigenvalue weighted by molar-refractivity contribution is 5.97. The van der Waals surface area contributed by atoms with Crippen LogP contribution in [-0.4, -0.2) is 0 Å². The Labute approximate surface area is 95.6 Å². The molecule has 2 aromatic carbocycles. The van der Waals surface area contributed by atoms with E-state index in [1.54, 1.807) is 0 Å². The maximum absolute atomic E-state index is 9.20. The summed E-state index contributed by atoms with van der Waals surface area (Å²) in [6.45, 7) is 3.95. The van der Waals surface area contributed by atoms with Crippen LogP contribution >= 0.6 is 0 Å². The zero-order chi connectivity index (χ0) is 11.5. The molecule has 0 aromatic heterocycles. The lowest BCUT2D eigenvalue weighted by Crippen LogP contribution is -1.86. The minimum absolute atomic E-state index is 0.775. The third-order valence-corrected chi connectivity index (χ3v) is 2.67. The molecule has 2 rings (SSSR count). The van der Waals surface area contributed by atoms with Crippen LogP contribution < -0.4 is 0 Å². The smallest absolute Gasteiger partial charge is 0.0997 e. The van der Waals surface area contributed by atoms with Crippen LogP contribution in [0.5, 0.6) is 0 Å². The number of fused-ring (bicyclic) bond motifs is 1. The van der Waals surface area contributed by atoms with Crippen LogP contribution in [-0.2, 0) is 0 Å². The Bertz CT molecular complexity index is 591. The summed E-state index contributed by atoms with van der Waals surface area (Å²) in [5, 5.41) is 11.5. The van der Waals surface area contributed by atoms with Gasteiger partial charge in [0.2, 0.25) is 0 Å². The molecular formula is C15H13N. The lowest BCUT2D eigenvalue weighted by atomic mass is 9.96. The van der Waals surface area contributed by atoms with E-state index in [9.17, 15) is 5.26 Å². The fraction of sp³-hybridized carbons (Fsp3) is 0.133. The first-order valence-corrected chi connectivity index (χ1v) is 5.29.